The van der Waals surface area contributed by atoms with Gasteiger partial charge in [0.2, 0.25) is 16.0 Å². The van der Waals surface area contributed by atoms with E-state index in [-0.39, 0.29) is 52.2 Å². The van der Waals surface area contributed by atoms with E-state index in [2.05, 4.69) is 15.6 Å². The van der Waals surface area contributed by atoms with E-state index in [1.807, 2.05) is 0 Å². The summed E-state index contributed by atoms with van der Waals surface area (Å²) in [5.74, 6) is 0.0460. The minimum atomic E-state index is -4.32. The Labute approximate surface area is 235 Å². The lowest BCUT2D eigenvalue weighted by molar-refractivity contribution is -0.120. The predicted octanol–water partition coefficient (Wildman–Crippen LogP) is 4.49. The fourth-order valence-corrected chi connectivity index (χ4v) is 6.96. The van der Waals surface area contributed by atoms with Gasteiger partial charge in [0.1, 0.15) is 16.9 Å². The van der Waals surface area contributed by atoms with E-state index < -0.39 is 40.3 Å². The standard InChI is InChI=1S/C25H32F2N4O7S2/c1-6-36-22-21(30-20(39-22)15-7-8-15)40(34,35)31-12-19(13(2)28-14(3)32)37-18-10-9-16(11-17(18)31)29-24(33)38-25(4,5)23(26)27/h9-11,13,15,19,23H,6-8,12H2,1-5H3,(H,28,32)(H,29,33). The highest BCUT2D eigenvalue weighted by Gasteiger charge is 2.41. The maximum absolute atomic E-state index is 14.1. The van der Waals surface area contributed by atoms with E-state index in [4.69, 9.17) is 14.2 Å². The Hall–Kier alpha value is -3.20. The number of thiazole rings is 1. The van der Waals surface area contributed by atoms with Gasteiger partial charge in [0, 0.05) is 18.5 Å². The molecular weight excluding hydrogens is 570 g/mol. The molecule has 15 heteroatoms. The molecule has 2 N–H and O–H groups in total. The Bertz CT molecular complexity index is 1380. The van der Waals surface area contributed by atoms with Gasteiger partial charge < -0.3 is 19.5 Å². The number of ether oxygens (including phenoxy) is 3. The Balaban J connectivity index is 1.72. The molecule has 0 bridgehead atoms. The Kier molecular flexibility index (Phi) is 8.45. The van der Waals surface area contributed by atoms with E-state index in [0.717, 1.165) is 31.0 Å². The predicted molar refractivity (Wildman–Crippen MR) is 144 cm³/mol. The van der Waals surface area contributed by atoms with Crippen molar-refractivity contribution in [3.8, 4) is 10.8 Å². The number of hydrogen-bond donors (Lipinski definition) is 2. The monoisotopic (exact) mass is 602 g/mol. The van der Waals surface area contributed by atoms with Crippen molar-refractivity contribution in [1.82, 2.24) is 10.3 Å². The van der Waals surface area contributed by atoms with Crippen molar-refractivity contribution >= 4 is 44.7 Å². The average Bonchev–Trinajstić information content (AvgIpc) is 3.62. The molecule has 0 spiro atoms. The van der Waals surface area contributed by atoms with E-state index in [1.165, 1.54) is 36.5 Å². The number of halogens is 2. The van der Waals surface area contributed by atoms with Crippen LogP contribution in [0.3, 0.4) is 0 Å². The molecule has 11 nitrogen and oxygen atoms in total. The molecule has 1 aromatic carbocycles. The van der Waals surface area contributed by atoms with Gasteiger partial charge in [-0.25, -0.2) is 18.6 Å². The summed E-state index contributed by atoms with van der Waals surface area (Å²) < 4.78 is 72.3. The summed E-state index contributed by atoms with van der Waals surface area (Å²) in [7, 11) is -4.32. The lowest BCUT2D eigenvalue weighted by Gasteiger charge is -2.37. The molecule has 1 aromatic heterocycles. The lowest BCUT2D eigenvalue weighted by atomic mass is 10.1. The molecule has 4 rings (SSSR count). The van der Waals surface area contributed by atoms with Gasteiger partial charge in [0.25, 0.3) is 16.4 Å². The van der Waals surface area contributed by atoms with Crippen LogP contribution in [0.1, 0.15) is 58.4 Å². The number of rotatable bonds is 10. The third-order valence-corrected chi connectivity index (χ3v) is 9.24. The van der Waals surface area contributed by atoms with Crippen LogP contribution in [-0.2, 0) is 19.6 Å². The van der Waals surface area contributed by atoms with E-state index >= 15 is 0 Å². The van der Waals surface area contributed by atoms with Crippen LogP contribution >= 0.6 is 11.3 Å². The minimum absolute atomic E-state index is 0.0839. The van der Waals surface area contributed by atoms with Crippen molar-refractivity contribution in [2.45, 2.75) is 82.6 Å². The van der Waals surface area contributed by atoms with Crippen LogP contribution in [-0.4, -0.2) is 62.7 Å². The number of nitrogens with zero attached hydrogens (tertiary/aromatic N) is 2. The van der Waals surface area contributed by atoms with Gasteiger partial charge in [-0.1, -0.05) is 11.3 Å². The number of hydrogen-bond acceptors (Lipinski definition) is 9. The number of sulfonamides is 1. The summed E-state index contributed by atoms with van der Waals surface area (Å²) in [5, 5.41) is 5.72. The molecular formula is C25H32F2N4O7S2. The van der Waals surface area contributed by atoms with Crippen LogP contribution in [0.15, 0.2) is 23.2 Å². The molecule has 1 saturated carbocycles. The molecule has 2 atom stereocenters. The SMILES string of the molecule is CCOc1sc(C2CC2)nc1S(=O)(=O)N1CC(C(C)NC(C)=O)Oc2ccc(NC(=O)OC(C)(C)C(F)F)cc21. The number of aromatic nitrogens is 1. The Morgan fingerprint density at radius 3 is 2.60 bits per heavy atom. The van der Waals surface area contributed by atoms with Crippen molar-refractivity contribution in [3.05, 3.63) is 23.2 Å². The third-order valence-electron chi connectivity index (χ3n) is 6.29. The second-order valence-electron chi connectivity index (χ2n) is 10.1. The van der Waals surface area contributed by atoms with Crippen LogP contribution in [0.5, 0.6) is 10.8 Å². The van der Waals surface area contributed by atoms with Crippen molar-refractivity contribution in [1.29, 1.82) is 0 Å². The summed E-state index contributed by atoms with van der Waals surface area (Å²) >= 11 is 1.20. The number of fused-ring (bicyclic) bond motifs is 1. The highest BCUT2D eigenvalue weighted by atomic mass is 32.2. The number of anilines is 2. The summed E-state index contributed by atoms with van der Waals surface area (Å²) in [6.45, 7) is 6.97. The van der Waals surface area contributed by atoms with Crippen LogP contribution in [0.25, 0.3) is 0 Å². The molecule has 40 heavy (non-hydrogen) atoms. The topological polar surface area (TPSA) is 136 Å². The van der Waals surface area contributed by atoms with Gasteiger partial charge >= 0.3 is 6.09 Å². The molecule has 2 heterocycles. The number of amides is 2. The van der Waals surface area contributed by atoms with Crippen molar-refractivity contribution in [2.75, 3.05) is 22.8 Å². The molecule has 1 aliphatic carbocycles. The fourth-order valence-electron chi connectivity index (χ4n) is 3.98. The zero-order valence-corrected chi connectivity index (χ0v) is 24.3. The molecule has 1 fully saturated rings. The molecule has 1 aliphatic heterocycles. The van der Waals surface area contributed by atoms with Gasteiger partial charge in [-0.2, -0.15) is 8.42 Å². The molecule has 0 radical (unpaired) electrons. The maximum atomic E-state index is 14.1. The first-order valence-electron chi connectivity index (χ1n) is 12.7. The quantitative estimate of drug-likeness (QED) is 0.406. The molecule has 2 unspecified atom stereocenters. The van der Waals surface area contributed by atoms with Gasteiger partial charge in [-0.05, 0) is 58.7 Å². The van der Waals surface area contributed by atoms with Crippen LogP contribution in [0.4, 0.5) is 25.0 Å². The van der Waals surface area contributed by atoms with Crippen LogP contribution in [0, 0.1) is 0 Å². The summed E-state index contributed by atoms with van der Waals surface area (Å²) in [4.78, 5) is 28.5. The van der Waals surface area contributed by atoms with E-state index in [1.54, 1.807) is 13.8 Å². The number of alkyl halides is 2. The summed E-state index contributed by atoms with van der Waals surface area (Å²) in [6, 6.07) is 3.65. The first-order valence-corrected chi connectivity index (χ1v) is 15.0. The Morgan fingerprint density at radius 2 is 2.00 bits per heavy atom. The largest absolute Gasteiger partial charge is 0.484 e. The van der Waals surface area contributed by atoms with Gasteiger partial charge in [-0.3, -0.25) is 14.4 Å². The number of benzene rings is 1. The highest BCUT2D eigenvalue weighted by Crippen LogP contribution is 2.47. The van der Waals surface area contributed by atoms with Crippen molar-refractivity contribution < 1.29 is 41.0 Å². The fraction of sp³-hybridized carbons (Fsp3) is 0.560. The first kappa shape index (κ1) is 29.8. The zero-order valence-electron chi connectivity index (χ0n) is 22.7. The van der Waals surface area contributed by atoms with E-state index in [0.29, 0.717) is 5.01 Å². The average molecular weight is 603 g/mol. The minimum Gasteiger partial charge on any atom is -0.484 e. The lowest BCUT2D eigenvalue weighted by Crippen LogP contribution is -2.52. The van der Waals surface area contributed by atoms with Crippen LogP contribution < -0.4 is 24.4 Å². The molecule has 2 aromatic rings. The molecule has 2 aliphatic rings. The number of carbonyl (C=O) groups is 2. The van der Waals surface area contributed by atoms with Crippen LogP contribution in [0.2, 0.25) is 0 Å². The summed E-state index contributed by atoms with van der Waals surface area (Å²) in [6.07, 6.45) is -2.98. The van der Waals surface area contributed by atoms with Gasteiger partial charge in [-0.15, -0.1) is 0 Å². The first-order chi connectivity index (χ1) is 18.7. The summed E-state index contributed by atoms with van der Waals surface area (Å²) in [5.41, 5.74) is -1.86. The molecule has 220 valence electrons. The molecule has 0 saturated heterocycles. The smallest absolute Gasteiger partial charge is 0.412 e. The second kappa shape index (κ2) is 11.4. The van der Waals surface area contributed by atoms with Gasteiger partial charge in [0.15, 0.2) is 5.60 Å². The van der Waals surface area contributed by atoms with Gasteiger partial charge in [0.05, 0.1) is 24.9 Å². The zero-order chi connectivity index (χ0) is 29.4. The third kappa shape index (κ3) is 6.40. The van der Waals surface area contributed by atoms with E-state index in [9.17, 15) is 26.8 Å². The number of nitrogens with one attached hydrogen (secondary N) is 2. The number of carbonyl (C=O) groups excluding carboxylic acids is 2. The normalized spacial score (nSPS) is 18.0. The Morgan fingerprint density at radius 1 is 1.30 bits per heavy atom. The maximum Gasteiger partial charge on any atom is 0.412 e. The molecule has 2 amide bonds. The van der Waals surface area contributed by atoms with Crippen molar-refractivity contribution in [2.24, 2.45) is 0 Å². The highest BCUT2D eigenvalue weighted by molar-refractivity contribution is 7.93. The second-order valence-corrected chi connectivity index (χ2v) is 12.9. The van der Waals surface area contributed by atoms with Crippen molar-refractivity contribution in [3.63, 3.8) is 0 Å².